The molecule has 0 spiro atoms. The number of ether oxygens (including phenoxy) is 2. The van der Waals surface area contributed by atoms with Gasteiger partial charge in [0.25, 0.3) is 0 Å². The first kappa shape index (κ1) is 13.0. The first-order valence-corrected chi connectivity index (χ1v) is 6.56. The molecule has 0 amide bonds. The van der Waals surface area contributed by atoms with Crippen molar-refractivity contribution in [2.45, 2.75) is 59.4 Å². The average molecular weight is 643 g/mol. The van der Waals surface area contributed by atoms with Crippen LogP contribution in [0.15, 0.2) is 12.2 Å². The van der Waals surface area contributed by atoms with Gasteiger partial charge in [0.15, 0.2) is 0 Å². The molecule has 12 heteroatoms. The number of nitro groups is 2. The van der Waals surface area contributed by atoms with Crippen LogP contribution < -0.4 is 0 Å². The average Bonchev–Trinajstić information content (AvgIpc) is 2.70. The van der Waals surface area contributed by atoms with Crippen LogP contribution in [0.1, 0.15) is 67.0 Å². The molecule has 10 nitrogen and oxygen atoms in total. The van der Waals surface area contributed by atoms with Crippen molar-refractivity contribution in [2.24, 2.45) is 5.92 Å². The van der Waals surface area contributed by atoms with Crippen LogP contribution in [0.4, 0.5) is 0 Å². The molecule has 0 saturated heterocycles. The summed E-state index contributed by atoms with van der Waals surface area (Å²) in [5.41, 5.74) is -3.30. The van der Waals surface area contributed by atoms with E-state index in [0.29, 0.717) is 0 Å². The number of carbonyl (C=O) groups excluding carboxylic acids is 2. The summed E-state index contributed by atoms with van der Waals surface area (Å²) in [5.74, 6) is -5.93. The SMILES string of the molecule is CC(C)[N+](=O)[O-].[2H]C([2H])([2H])OC(=O)C(=C)C([2H])([2H])[2H].[2H]C([2H])([2H])OC(=O)C(C([2H])([2H])[2H])C([2H])([2H])C(C)(C)[N+](=O)[O-].[2H][B].[U]. The molecule has 0 bridgehead atoms. The number of carbonyl (C=O) groups is 2. The molecule has 0 aliphatic rings. The number of methoxy groups -OCH3 is 2. The molecule has 0 saturated carbocycles. The monoisotopic (exact) mass is 643 g/mol. The minimum Gasteiger partial charge on any atom is -0.469 e. The van der Waals surface area contributed by atoms with Crippen molar-refractivity contribution >= 4 is 20.3 Å². The summed E-state index contributed by atoms with van der Waals surface area (Å²) in [6.45, 7) is 1.57. The van der Waals surface area contributed by atoms with Gasteiger partial charge in [-0.3, -0.25) is 25.0 Å². The van der Waals surface area contributed by atoms with Gasteiger partial charge in [-0.15, -0.1) is 0 Å². The van der Waals surface area contributed by atoms with Gasteiger partial charge >= 0.3 is 11.9 Å². The standard InChI is InChI=1S/C8H15NO4.C5H8O2.C3H7NO2.BH.U/c1-6(7(10)13-4)5-8(2,3)9(11)12;1-4(2)5(6)7-3;1-3(2)4(5)6;;/h6H,5H2,1-4H3;1H2,2-3H3;3H,1-2H3;1H;/i1D3,4D3,5D2;2D3,3D3;;1D;. The van der Waals surface area contributed by atoms with Gasteiger partial charge in [-0.25, -0.2) is 4.79 Å². The molecule has 0 aliphatic heterocycles. The molecule has 2 radical (unpaired) electrons. The molecule has 28 heavy (non-hydrogen) atoms. The molecular weight excluding hydrogens is 597 g/mol. The van der Waals surface area contributed by atoms with Crippen LogP contribution in [0.2, 0.25) is 0 Å². The second-order valence-corrected chi connectivity index (χ2v) is 5.06. The van der Waals surface area contributed by atoms with Gasteiger partial charge in [0.05, 0.1) is 28.2 Å². The largest absolute Gasteiger partial charge is 0.469 e. The van der Waals surface area contributed by atoms with E-state index in [1.54, 1.807) is 13.8 Å². The predicted molar refractivity (Wildman–Crippen MR) is 103 cm³/mol. The topological polar surface area (TPSA) is 139 Å². The molecule has 0 aromatic heterocycles. The van der Waals surface area contributed by atoms with Crippen LogP contribution in [-0.2, 0) is 19.1 Å². The molecule has 0 aromatic carbocycles. The summed E-state index contributed by atoms with van der Waals surface area (Å²) in [6.07, 6.45) is -3.18. The summed E-state index contributed by atoms with van der Waals surface area (Å²) in [6, 6.07) is -0.426. The van der Waals surface area contributed by atoms with Gasteiger partial charge in [-0.1, -0.05) is 13.4 Å². The first-order chi connectivity index (χ1) is 18.1. The van der Waals surface area contributed by atoms with Crippen molar-refractivity contribution in [3.05, 3.63) is 32.4 Å². The third-order valence-corrected chi connectivity index (χ3v) is 2.05. The Balaban J connectivity index is -0.000000186. The summed E-state index contributed by atoms with van der Waals surface area (Å²) < 4.78 is 110. The third-order valence-electron chi connectivity index (χ3n) is 2.05. The van der Waals surface area contributed by atoms with Gasteiger partial charge in [0.1, 0.15) is 0 Å². The van der Waals surface area contributed by atoms with Crippen molar-refractivity contribution in [3.63, 3.8) is 0 Å². The zero-order chi connectivity index (χ0) is 35.5. The maximum absolute atomic E-state index is 11.7. The molecule has 0 heterocycles. The van der Waals surface area contributed by atoms with E-state index in [9.17, 15) is 29.8 Å². The number of hydrogen-bond donors (Lipinski definition) is 0. The van der Waals surface area contributed by atoms with E-state index in [-0.39, 0.29) is 36.0 Å². The quantitative estimate of drug-likeness (QED) is 0.141. The van der Waals surface area contributed by atoms with E-state index in [1.165, 1.54) is 0 Å². The molecule has 0 aromatic rings. The van der Waals surface area contributed by atoms with E-state index >= 15 is 0 Å². The van der Waals surface area contributed by atoms with Gasteiger partial charge in [0, 0.05) is 99.9 Å². The number of esters is 2. The smallest absolute Gasteiger partial charge is 0.332 e. The predicted octanol–water partition coefficient (Wildman–Crippen LogP) is 2.00. The molecule has 1 atom stereocenters. The fourth-order valence-corrected chi connectivity index (χ4v) is 0.585. The Bertz CT molecular complexity index is 936. The molecule has 160 valence electrons. The second kappa shape index (κ2) is 18.9. The maximum atomic E-state index is 11.7. The van der Waals surface area contributed by atoms with Crippen LogP contribution >= 0.6 is 0 Å². The van der Waals surface area contributed by atoms with Gasteiger partial charge in [0.2, 0.25) is 11.6 Å². The van der Waals surface area contributed by atoms with Crippen molar-refractivity contribution in [2.75, 3.05) is 14.1 Å². The number of rotatable bonds is 6. The minimum atomic E-state index is -3.32. The van der Waals surface area contributed by atoms with E-state index < -0.39 is 74.1 Å². The van der Waals surface area contributed by atoms with Crippen LogP contribution in [0.5, 0.6) is 0 Å². The Labute approximate surface area is 213 Å². The Morgan fingerprint density at radius 3 is 2.00 bits per heavy atom. The summed E-state index contributed by atoms with van der Waals surface area (Å²) in [4.78, 5) is 41.5. The fourth-order valence-electron chi connectivity index (χ4n) is 0.585. The molecule has 0 rings (SSSR count). The maximum Gasteiger partial charge on any atom is 0.332 e. The van der Waals surface area contributed by atoms with Gasteiger partial charge < -0.3 is 9.47 Å². The van der Waals surface area contributed by atoms with E-state index in [0.717, 1.165) is 13.8 Å². The van der Waals surface area contributed by atoms with Gasteiger partial charge in [-0.2, -0.15) is 0 Å². The minimum absolute atomic E-state index is 0. The Kier molecular flexibility index (Phi) is 8.80. The zero-order valence-electron chi connectivity index (χ0n) is 30.6. The molecule has 1 unspecified atom stereocenters. The van der Waals surface area contributed by atoms with Crippen LogP contribution in [-0.4, -0.2) is 57.2 Å². The van der Waals surface area contributed by atoms with Crippen LogP contribution in [0, 0.1) is 57.3 Å². The number of nitrogens with zero attached hydrogens (tertiary/aromatic N) is 2. The summed E-state index contributed by atoms with van der Waals surface area (Å²) in [7, 11) is -2.47. The molecular formula is C16H31BN2O8U. The van der Waals surface area contributed by atoms with Crippen molar-refractivity contribution < 1.29 is 79.2 Å². The molecule has 0 N–H and O–H groups in total. The third kappa shape index (κ3) is 20.9. The van der Waals surface area contributed by atoms with Crippen molar-refractivity contribution in [3.8, 4) is 0 Å². The number of hydrogen-bond acceptors (Lipinski definition) is 8. The Morgan fingerprint density at radius 2 is 1.71 bits per heavy atom. The van der Waals surface area contributed by atoms with E-state index in [1.807, 2.05) is 0 Å². The summed E-state index contributed by atoms with van der Waals surface area (Å²) in [5, 5.41) is 20.4. The molecule has 0 fully saturated rings. The fraction of sp³-hybridized carbons (Fsp3) is 0.750. The first-order valence-electron chi connectivity index (χ1n) is 14.1. The van der Waals surface area contributed by atoms with E-state index in [2.05, 4.69) is 24.4 Å². The van der Waals surface area contributed by atoms with Crippen LogP contribution in [0.25, 0.3) is 0 Å². The van der Waals surface area contributed by atoms with Crippen molar-refractivity contribution in [1.82, 2.24) is 0 Å². The Morgan fingerprint density at radius 1 is 1.25 bits per heavy atom. The Hall–Kier alpha value is -1.40. The van der Waals surface area contributed by atoms with Gasteiger partial charge in [-0.05, 0) is 8.19 Å². The zero-order valence-corrected chi connectivity index (χ0v) is 19.8. The molecule has 0 aliphatic carbocycles. The van der Waals surface area contributed by atoms with Crippen LogP contribution in [0.3, 0.4) is 0 Å². The van der Waals surface area contributed by atoms with Crippen molar-refractivity contribution in [1.29, 1.82) is 1.34 Å². The second-order valence-electron chi connectivity index (χ2n) is 5.06. The van der Waals surface area contributed by atoms with E-state index in [4.69, 9.17) is 20.5 Å². The summed E-state index contributed by atoms with van der Waals surface area (Å²) >= 11 is 0. The normalized spacial score (nSPS) is 20.1.